The molecule has 3 nitrogen and oxygen atoms in total. The standard InChI is InChI=1S/C12H20ClNO2/c1-2-10(13)11(16)14-6-9-4-3-5-12(9,7-14)8-15/h9-10,15H,2-8H2,1H3. The van der Waals surface area contributed by atoms with E-state index in [1.54, 1.807) is 0 Å². The number of likely N-dealkylation sites (tertiary alicyclic amines) is 1. The van der Waals surface area contributed by atoms with Gasteiger partial charge in [0.15, 0.2) is 0 Å². The molecule has 3 unspecified atom stereocenters. The number of fused-ring (bicyclic) bond motifs is 1. The molecule has 1 saturated carbocycles. The Morgan fingerprint density at radius 3 is 3.00 bits per heavy atom. The minimum atomic E-state index is -0.394. The van der Waals surface area contributed by atoms with Gasteiger partial charge >= 0.3 is 0 Å². The van der Waals surface area contributed by atoms with E-state index in [2.05, 4.69) is 0 Å². The van der Waals surface area contributed by atoms with Crippen LogP contribution in [0.2, 0.25) is 0 Å². The topological polar surface area (TPSA) is 40.5 Å². The van der Waals surface area contributed by atoms with Gasteiger partial charge in [-0.05, 0) is 25.2 Å². The highest BCUT2D eigenvalue weighted by Crippen LogP contribution is 2.48. The molecule has 16 heavy (non-hydrogen) atoms. The van der Waals surface area contributed by atoms with E-state index >= 15 is 0 Å². The van der Waals surface area contributed by atoms with Crippen molar-refractivity contribution in [2.75, 3.05) is 19.7 Å². The molecule has 2 rings (SSSR count). The summed E-state index contributed by atoms with van der Waals surface area (Å²) < 4.78 is 0. The van der Waals surface area contributed by atoms with Crippen LogP contribution in [0.1, 0.15) is 32.6 Å². The first kappa shape index (κ1) is 12.2. The zero-order valence-corrected chi connectivity index (χ0v) is 10.5. The molecular weight excluding hydrogens is 226 g/mol. The number of hydrogen-bond acceptors (Lipinski definition) is 2. The van der Waals surface area contributed by atoms with Crippen LogP contribution in [0.3, 0.4) is 0 Å². The third-order valence-corrected chi connectivity index (χ3v) is 4.79. The summed E-state index contributed by atoms with van der Waals surface area (Å²) in [6.07, 6.45) is 4.06. The second kappa shape index (κ2) is 4.53. The van der Waals surface area contributed by atoms with Crippen molar-refractivity contribution in [3.63, 3.8) is 0 Å². The summed E-state index contributed by atoms with van der Waals surface area (Å²) in [4.78, 5) is 13.8. The average molecular weight is 246 g/mol. The molecular formula is C12H20ClNO2. The van der Waals surface area contributed by atoms with Gasteiger partial charge in [0.1, 0.15) is 5.38 Å². The average Bonchev–Trinajstić information content (AvgIpc) is 2.83. The maximum Gasteiger partial charge on any atom is 0.240 e. The maximum atomic E-state index is 12.0. The fourth-order valence-electron chi connectivity index (χ4n) is 3.21. The van der Waals surface area contributed by atoms with E-state index < -0.39 is 5.38 Å². The Morgan fingerprint density at radius 2 is 2.44 bits per heavy atom. The number of nitrogens with zero attached hydrogens (tertiary/aromatic N) is 1. The van der Waals surface area contributed by atoms with Crippen LogP contribution in [0.25, 0.3) is 0 Å². The Hall–Kier alpha value is -0.280. The molecule has 4 heteroatoms. The van der Waals surface area contributed by atoms with Crippen molar-refractivity contribution >= 4 is 17.5 Å². The van der Waals surface area contributed by atoms with E-state index in [0.29, 0.717) is 18.9 Å². The van der Waals surface area contributed by atoms with Crippen LogP contribution < -0.4 is 0 Å². The summed E-state index contributed by atoms with van der Waals surface area (Å²) in [5.74, 6) is 0.536. The molecule has 0 spiro atoms. The molecule has 0 bridgehead atoms. The lowest BCUT2D eigenvalue weighted by Gasteiger charge is -2.26. The molecule has 2 aliphatic rings. The number of aliphatic hydroxyl groups excluding tert-OH is 1. The van der Waals surface area contributed by atoms with Gasteiger partial charge in [0, 0.05) is 18.5 Å². The smallest absolute Gasteiger partial charge is 0.240 e. The monoisotopic (exact) mass is 245 g/mol. The number of aliphatic hydroxyl groups is 1. The van der Waals surface area contributed by atoms with E-state index in [1.807, 2.05) is 11.8 Å². The number of carbonyl (C=O) groups excluding carboxylic acids is 1. The van der Waals surface area contributed by atoms with E-state index in [-0.39, 0.29) is 17.9 Å². The molecule has 3 atom stereocenters. The van der Waals surface area contributed by atoms with Gasteiger partial charge in [0.2, 0.25) is 5.91 Å². The Labute approximate surface area is 102 Å². The number of carbonyl (C=O) groups is 1. The molecule has 0 aromatic heterocycles. The normalized spacial score (nSPS) is 35.2. The molecule has 1 N–H and O–H groups in total. The van der Waals surface area contributed by atoms with Crippen molar-refractivity contribution in [1.29, 1.82) is 0 Å². The van der Waals surface area contributed by atoms with Crippen LogP contribution in [0.15, 0.2) is 0 Å². The van der Waals surface area contributed by atoms with Crippen LogP contribution in [-0.2, 0) is 4.79 Å². The Balaban J connectivity index is 2.05. The summed E-state index contributed by atoms with van der Waals surface area (Å²) in [6.45, 7) is 3.63. The van der Waals surface area contributed by atoms with Crippen molar-refractivity contribution in [2.24, 2.45) is 11.3 Å². The van der Waals surface area contributed by atoms with E-state index in [4.69, 9.17) is 11.6 Å². The van der Waals surface area contributed by atoms with E-state index in [9.17, 15) is 9.90 Å². The third kappa shape index (κ3) is 1.84. The van der Waals surface area contributed by atoms with Gasteiger partial charge in [-0.15, -0.1) is 11.6 Å². The van der Waals surface area contributed by atoms with Crippen molar-refractivity contribution in [1.82, 2.24) is 4.90 Å². The minimum Gasteiger partial charge on any atom is -0.396 e. The quantitative estimate of drug-likeness (QED) is 0.768. The van der Waals surface area contributed by atoms with Gasteiger partial charge in [0.25, 0.3) is 0 Å². The highest BCUT2D eigenvalue weighted by atomic mass is 35.5. The van der Waals surface area contributed by atoms with Crippen LogP contribution in [0.5, 0.6) is 0 Å². The SMILES string of the molecule is CCC(Cl)C(=O)N1CC2CCCC2(CO)C1. The van der Waals surface area contributed by atoms with Crippen LogP contribution in [-0.4, -0.2) is 41.0 Å². The summed E-state index contributed by atoms with van der Waals surface area (Å²) in [7, 11) is 0. The van der Waals surface area contributed by atoms with Gasteiger partial charge in [0.05, 0.1) is 6.61 Å². The Morgan fingerprint density at radius 1 is 1.69 bits per heavy atom. The maximum absolute atomic E-state index is 12.0. The molecule has 1 amide bonds. The third-order valence-electron chi connectivity index (χ3n) is 4.29. The lowest BCUT2D eigenvalue weighted by atomic mass is 9.82. The van der Waals surface area contributed by atoms with E-state index in [0.717, 1.165) is 19.4 Å². The van der Waals surface area contributed by atoms with Gasteiger partial charge in [-0.1, -0.05) is 13.3 Å². The van der Waals surface area contributed by atoms with Gasteiger partial charge in [-0.25, -0.2) is 0 Å². The van der Waals surface area contributed by atoms with Crippen LogP contribution >= 0.6 is 11.6 Å². The highest BCUT2D eigenvalue weighted by molar-refractivity contribution is 6.30. The lowest BCUT2D eigenvalue weighted by Crippen LogP contribution is -2.37. The minimum absolute atomic E-state index is 0.0139. The number of rotatable bonds is 3. The predicted molar refractivity (Wildman–Crippen MR) is 63.4 cm³/mol. The molecule has 1 heterocycles. The van der Waals surface area contributed by atoms with Crippen molar-refractivity contribution in [3.8, 4) is 0 Å². The van der Waals surface area contributed by atoms with E-state index in [1.165, 1.54) is 6.42 Å². The summed E-state index contributed by atoms with van der Waals surface area (Å²) in [6, 6.07) is 0. The summed E-state index contributed by atoms with van der Waals surface area (Å²) >= 11 is 5.99. The Kier molecular flexibility index (Phi) is 3.45. The zero-order chi connectivity index (χ0) is 11.8. The van der Waals surface area contributed by atoms with Crippen LogP contribution in [0, 0.1) is 11.3 Å². The molecule has 1 saturated heterocycles. The van der Waals surface area contributed by atoms with Crippen molar-refractivity contribution in [3.05, 3.63) is 0 Å². The molecule has 1 aliphatic heterocycles. The molecule has 0 aromatic carbocycles. The zero-order valence-electron chi connectivity index (χ0n) is 9.79. The number of hydrogen-bond donors (Lipinski definition) is 1. The lowest BCUT2D eigenvalue weighted by molar-refractivity contribution is -0.130. The predicted octanol–water partition coefficient (Wildman–Crippen LogP) is 1.62. The van der Waals surface area contributed by atoms with Crippen molar-refractivity contribution < 1.29 is 9.90 Å². The molecule has 0 aromatic rings. The molecule has 1 aliphatic carbocycles. The first-order valence-corrected chi connectivity index (χ1v) is 6.60. The van der Waals surface area contributed by atoms with Gasteiger partial charge in [-0.3, -0.25) is 4.79 Å². The van der Waals surface area contributed by atoms with Gasteiger partial charge in [-0.2, -0.15) is 0 Å². The molecule has 0 radical (unpaired) electrons. The first-order valence-electron chi connectivity index (χ1n) is 6.16. The summed E-state index contributed by atoms with van der Waals surface area (Å²) in [5, 5.41) is 9.16. The molecule has 92 valence electrons. The van der Waals surface area contributed by atoms with Crippen molar-refractivity contribution in [2.45, 2.75) is 38.0 Å². The summed E-state index contributed by atoms with van der Waals surface area (Å²) in [5.41, 5.74) is -0.0139. The largest absolute Gasteiger partial charge is 0.396 e. The van der Waals surface area contributed by atoms with Crippen LogP contribution in [0.4, 0.5) is 0 Å². The van der Waals surface area contributed by atoms with Gasteiger partial charge < -0.3 is 10.0 Å². The fourth-order valence-corrected chi connectivity index (χ4v) is 3.35. The first-order chi connectivity index (χ1) is 7.63. The highest BCUT2D eigenvalue weighted by Gasteiger charge is 2.50. The second-order valence-corrected chi connectivity index (χ2v) is 5.73. The fraction of sp³-hybridized carbons (Fsp3) is 0.917. The number of halogens is 1. The Bertz CT molecular complexity index is 284. The number of alkyl halides is 1. The number of amides is 1. The second-order valence-electron chi connectivity index (χ2n) is 5.20. The molecule has 2 fully saturated rings.